The molecular formula is C20H32. The Bertz CT molecular complexity index is 482. The molecule has 112 valence electrons. The molecule has 1 unspecified atom stereocenters. The lowest BCUT2D eigenvalue weighted by Crippen LogP contribution is -2.49. The van der Waals surface area contributed by atoms with Gasteiger partial charge in [-0.05, 0) is 85.9 Å². The van der Waals surface area contributed by atoms with Gasteiger partial charge in [0.05, 0.1) is 0 Å². The van der Waals surface area contributed by atoms with E-state index in [9.17, 15) is 0 Å². The molecule has 4 aliphatic carbocycles. The second kappa shape index (κ2) is 3.73. The zero-order valence-electron chi connectivity index (χ0n) is 14.2. The van der Waals surface area contributed by atoms with Crippen LogP contribution in [-0.2, 0) is 0 Å². The maximum atomic E-state index is 2.64. The summed E-state index contributed by atoms with van der Waals surface area (Å²) in [5.74, 6) is 2.93. The summed E-state index contributed by atoms with van der Waals surface area (Å²) in [6.45, 7) is 12.8. The third kappa shape index (κ3) is 1.35. The fourth-order valence-electron chi connectivity index (χ4n) is 7.63. The van der Waals surface area contributed by atoms with E-state index in [0.717, 1.165) is 17.8 Å². The number of fused-ring (bicyclic) bond motifs is 2. The number of hydrogen-bond donors (Lipinski definition) is 0. The Labute approximate surface area is 125 Å². The molecule has 4 rings (SSSR count). The first-order valence-corrected chi connectivity index (χ1v) is 9.00. The zero-order chi connectivity index (χ0) is 14.3. The summed E-state index contributed by atoms with van der Waals surface area (Å²) in [5, 5.41) is 0. The smallest absolute Gasteiger partial charge is 0.00254 e. The number of hydrogen-bond acceptors (Lipinski definition) is 0. The molecule has 0 heteroatoms. The molecule has 20 heavy (non-hydrogen) atoms. The summed E-state index contributed by atoms with van der Waals surface area (Å²) < 4.78 is 0. The Balaban J connectivity index is 1.89. The van der Waals surface area contributed by atoms with Crippen molar-refractivity contribution in [2.75, 3.05) is 0 Å². The van der Waals surface area contributed by atoms with E-state index in [0.29, 0.717) is 16.2 Å². The molecule has 5 atom stereocenters. The van der Waals surface area contributed by atoms with Crippen LogP contribution in [0.5, 0.6) is 0 Å². The van der Waals surface area contributed by atoms with E-state index in [-0.39, 0.29) is 0 Å². The van der Waals surface area contributed by atoms with Crippen molar-refractivity contribution >= 4 is 0 Å². The van der Waals surface area contributed by atoms with E-state index in [1.165, 1.54) is 44.9 Å². The van der Waals surface area contributed by atoms with Crippen LogP contribution in [0.15, 0.2) is 11.1 Å². The maximum Gasteiger partial charge on any atom is -0.00254 e. The maximum absolute atomic E-state index is 2.64. The summed E-state index contributed by atoms with van der Waals surface area (Å²) in [7, 11) is 0. The fraction of sp³-hybridized carbons (Fsp3) is 0.900. The Morgan fingerprint density at radius 2 is 1.75 bits per heavy atom. The second-order valence-electron chi connectivity index (χ2n) is 9.68. The van der Waals surface area contributed by atoms with E-state index < -0.39 is 0 Å². The standard InChI is InChI=1S/C20H32/c1-13-8-9-20-14(2)6-7-15(20)17-18(3,4)10-11-19(17,5)12-16(13)20/h14-15,17H,6-12H2,1-5H3/t14-,15-,17?,19+,20-/m0/s1. The third-order valence-corrected chi connectivity index (χ3v) is 8.36. The van der Waals surface area contributed by atoms with Gasteiger partial charge in [0.1, 0.15) is 0 Å². The Morgan fingerprint density at radius 3 is 2.50 bits per heavy atom. The normalized spacial score (nSPS) is 53.0. The lowest BCUT2D eigenvalue weighted by atomic mass is 9.49. The van der Waals surface area contributed by atoms with E-state index >= 15 is 0 Å². The predicted molar refractivity (Wildman–Crippen MR) is 85.5 cm³/mol. The van der Waals surface area contributed by atoms with Gasteiger partial charge in [0.25, 0.3) is 0 Å². The molecule has 0 amide bonds. The summed E-state index contributed by atoms with van der Waals surface area (Å²) in [6.07, 6.45) is 10.3. The van der Waals surface area contributed by atoms with Crippen molar-refractivity contribution in [1.82, 2.24) is 0 Å². The van der Waals surface area contributed by atoms with Crippen molar-refractivity contribution in [2.45, 2.75) is 79.6 Å². The van der Waals surface area contributed by atoms with Crippen LogP contribution in [0.25, 0.3) is 0 Å². The molecule has 0 bridgehead atoms. The lowest BCUT2D eigenvalue weighted by molar-refractivity contribution is -0.0226. The second-order valence-corrected chi connectivity index (χ2v) is 9.68. The van der Waals surface area contributed by atoms with Gasteiger partial charge in [-0.25, -0.2) is 0 Å². The van der Waals surface area contributed by atoms with Gasteiger partial charge in [-0.1, -0.05) is 38.8 Å². The van der Waals surface area contributed by atoms with Crippen molar-refractivity contribution in [3.05, 3.63) is 11.1 Å². The van der Waals surface area contributed by atoms with Crippen molar-refractivity contribution < 1.29 is 0 Å². The van der Waals surface area contributed by atoms with Crippen LogP contribution in [-0.4, -0.2) is 0 Å². The van der Waals surface area contributed by atoms with Gasteiger partial charge in [0, 0.05) is 0 Å². The van der Waals surface area contributed by atoms with E-state index in [4.69, 9.17) is 0 Å². The van der Waals surface area contributed by atoms with Gasteiger partial charge in [0.15, 0.2) is 0 Å². The molecule has 3 fully saturated rings. The summed E-state index contributed by atoms with van der Waals surface area (Å²) in [5.41, 5.74) is 5.56. The van der Waals surface area contributed by atoms with Gasteiger partial charge < -0.3 is 0 Å². The topological polar surface area (TPSA) is 0 Å². The van der Waals surface area contributed by atoms with Crippen LogP contribution in [0.4, 0.5) is 0 Å². The first-order valence-electron chi connectivity index (χ1n) is 9.00. The van der Waals surface area contributed by atoms with Crippen LogP contribution >= 0.6 is 0 Å². The van der Waals surface area contributed by atoms with Gasteiger partial charge in [-0.15, -0.1) is 0 Å². The Kier molecular flexibility index (Phi) is 2.50. The molecule has 1 spiro atoms. The van der Waals surface area contributed by atoms with E-state index in [1.807, 2.05) is 5.57 Å². The molecule has 0 N–H and O–H groups in total. The van der Waals surface area contributed by atoms with Crippen LogP contribution in [0.2, 0.25) is 0 Å². The molecule has 0 aromatic rings. The highest BCUT2D eigenvalue weighted by Gasteiger charge is 2.66. The largest absolute Gasteiger partial charge is 0.0735 e. The lowest BCUT2D eigenvalue weighted by Gasteiger charge is -2.56. The molecule has 4 aliphatic rings. The average molecular weight is 272 g/mol. The molecular weight excluding hydrogens is 240 g/mol. The molecule has 0 aromatic carbocycles. The van der Waals surface area contributed by atoms with Crippen LogP contribution in [0, 0.1) is 34.0 Å². The minimum Gasteiger partial charge on any atom is -0.0735 e. The zero-order valence-corrected chi connectivity index (χ0v) is 14.2. The fourth-order valence-corrected chi connectivity index (χ4v) is 7.63. The summed E-state index contributed by atoms with van der Waals surface area (Å²) in [4.78, 5) is 0. The van der Waals surface area contributed by atoms with Crippen LogP contribution in [0.3, 0.4) is 0 Å². The van der Waals surface area contributed by atoms with Crippen molar-refractivity contribution in [2.24, 2.45) is 34.0 Å². The van der Waals surface area contributed by atoms with Gasteiger partial charge in [-0.3, -0.25) is 0 Å². The predicted octanol–water partition coefficient (Wildman–Crippen LogP) is 5.98. The molecule has 0 heterocycles. The molecule has 0 radical (unpaired) electrons. The molecule has 0 aliphatic heterocycles. The highest BCUT2D eigenvalue weighted by molar-refractivity contribution is 5.36. The van der Waals surface area contributed by atoms with Gasteiger partial charge in [0.2, 0.25) is 0 Å². The third-order valence-electron chi connectivity index (χ3n) is 8.36. The molecule has 3 saturated carbocycles. The SMILES string of the molecule is CC1=C2C[C@@]3(C)CCC(C)(C)C3[C@@H]3CC[C@H](C)[C@]23CC1. The van der Waals surface area contributed by atoms with E-state index in [1.54, 1.807) is 5.57 Å². The highest BCUT2D eigenvalue weighted by Crippen LogP contribution is 2.75. The van der Waals surface area contributed by atoms with Crippen LogP contribution in [0.1, 0.15) is 79.6 Å². The number of rotatable bonds is 0. The summed E-state index contributed by atoms with van der Waals surface area (Å²) in [6, 6.07) is 0. The minimum absolute atomic E-state index is 0.582. The van der Waals surface area contributed by atoms with Gasteiger partial charge >= 0.3 is 0 Å². The van der Waals surface area contributed by atoms with Crippen molar-refractivity contribution in [3.63, 3.8) is 0 Å². The highest BCUT2D eigenvalue weighted by atomic mass is 14.7. The van der Waals surface area contributed by atoms with Crippen molar-refractivity contribution in [1.29, 1.82) is 0 Å². The quantitative estimate of drug-likeness (QED) is 0.476. The minimum atomic E-state index is 0.582. The van der Waals surface area contributed by atoms with Gasteiger partial charge in [-0.2, -0.15) is 0 Å². The Hall–Kier alpha value is -0.260. The first kappa shape index (κ1) is 13.4. The Morgan fingerprint density at radius 1 is 1.00 bits per heavy atom. The first-order chi connectivity index (χ1) is 9.31. The summed E-state index contributed by atoms with van der Waals surface area (Å²) >= 11 is 0. The molecule has 0 aromatic heterocycles. The van der Waals surface area contributed by atoms with Crippen molar-refractivity contribution in [3.8, 4) is 0 Å². The monoisotopic (exact) mass is 272 g/mol. The van der Waals surface area contributed by atoms with Crippen LogP contribution < -0.4 is 0 Å². The van der Waals surface area contributed by atoms with E-state index in [2.05, 4.69) is 34.6 Å². The number of allylic oxidation sites excluding steroid dienone is 2. The molecule has 0 nitrogen and oxygen atoms in total. The average Bonchev–Trinajstić information content (AvgIpc) is 2.94. The molecule has 0 saturated heterocycles.